The number of hydrogen-bond donors (Lipinski definition) is 0. The number of aryl methyl sites for hydroxylation is 2. The zero-order chi connectivity index (χ0) is 31.2. The van der Waals surface area contributed by atoms with Crippen molar-refractivity contribution in [2.45, 2.75) is 40.5 Å². The third-order valence-corrected chi connectivity index (χ3v) is 8.60. The molecule has 0 bridgehead atoms. The van der Waals surface area contributed by atoms with E-state index in [-0.39, 0.29) is 82.1 Å². The molecule has 0 nitrogen and oxygen atoms in total. The van der Waals surface area contributed by atoms with E-state index < -0.39 is 0 Å². The molecule has 0 aliphatic carbocycles. The molecule has 51 heavy (non-hydrogen) atoms. The van der Waals surface area contributed by atoms with Gasteiger partial charge in [0.25, 0.3) is 0 Å². The Morgan fingerprint density at radius 1 is 0.431 bits per heavy atom. The van der Waals surface area contributed by atoms with Gasteiger partial charge in [0.05, 0.1) is 0 Å². The Morgan fingerprint density at radius 2 is 0.725 bits per heavy atom. The standard InChI is InChI=1S/2C21H17.C3H7.4CH3.2Zr/c2*1-2-15-13-17-9-6-12-20(21(17)14-15)19-11-5-8-16-7-3-4-10-18(16)19;1-3-2;;;;;;/h2*3-14H,2H2,1H3;3H,1-2H3;4*1H3;;/q7*-1;+3;+4. The average Bonchev–Trinajstić information content (AvgIpc) is 3.73. The fraction of sp³-hybridized carbons (Fsp3) is 0.122. The summed E-state index contributed by atoms with van der Waals surface area (Å²) in [5.74, 6) is 0. The normalized spacial score (nSPS) is 9.65. The van der Waals surface area contributed by atoms with Crippen molar-refractivity contribution in [3.05, 3.63) is 193 Å². The summed E-state index contributed by atoms with van der Waals surface area (Å²) in [6, 6.07) is 52.9. The van der Waals surface area contributed by atoms with E-state index in [4.69, 9.17) is 0 Å². The first-order chi connectivity index (χ1) is 22.1. The first-order valence-electron chi connectivity index (χ1n) is 16.2. The van der Waals surface area contributed by atoms with Crippen molar-refractivity contribution in [2.24, 2.45) is 0 Å². The predicted octanol–water partition coefficient (Wildman–Crippen LogP) is 14.9. The second-order valence-electron chi connectivity index (χ2n) is 11.7. The SMILES string of the molecule is CCc1cc2c(-c3cccc4ccccc34)cccc2[cH-]1.CCc1cc2c(-c3cccc4ccccc34)cccc2[cH-]1.C[CH-]C.[CH3-].[CH3-].[CH3-].[CH3-].[Zr+3].[Zr+4]. The Hall–Kier alpha value is -3.17. The van der Waals surface area contributed by atoms with Gasteiger partial charge in [0, 0.05) is 0 Å². The minimum Gasteiger partial charge on any atom is -0.358 e. The molecule has 0 N–H and O–H groups in total. The Bertz CT molecular complexity index is 2030. The van der Waals surface area contributed by atoms with Crippen LogP contribution in [-0.2, 0) is 65.2 Å². The van der Waals surface area contributed by atoms with E-state index in [2.05, 4.69) is 159 Å². The molecule has 8 aromatic rings. The summed E-state index contributed by atoms with van der Waals surface area (Å²) < 4.78 is 0. The van der Waals surface area contributed by atoms with E-state index in [1.54, 1.807) is 0 Å². The summed E-state index contributed by atoms with van der Waals surface area (Å²) >= 11 is 0. The molecule has 0 spiro atoms. The van der Waals surface area contributed by atoms with Crippen molar-refractivity contribution in [2.75, 3.05) is 0 Å². The van der Waals surface area contributed by atoms with Crippen molar-refractivity contribution < 1.29 is 52.4 Å². The van der Waals surface area contributed by atoms with Crippen molar-refractivity contribution in [1.82, 2.24) is 0 Å². The molecule has 0 fully saturated rings. The number of fused-ring (bicyclic) bond motifs is 4. The Morgan fingerprint density at radius 3 is 1.08 bits per heavy atom. The van der Waals surface area contributed by atoms with E-state index in [0.717, 1.165) is 12.8 Å². The summed E-state index contributed by atoms with van der Waals surface area (Å²) in [7, 11) is 0. The quantitative estimate of drug-likeness (QED) is 0.155. The molecule has 257 valence electrons. The van der Waals surface area contributed by atoms with Gasteiger partial charge in [-0.25, -0.2) is 0 Å². The number of hydrogen-bond acceptors (Lipinski definition) is 0. The van der Waals surface area contributed by atoms with Gasteiger partial charge in [0.1, 0.15) is 0 Å². The monoisotopic (exact) mass is 821 g/mol. The van der Waals surface area contributed by atoms with Crippen LogP contribution in [0.3, 0.4) is 0 Å². The zero-order valence-corrected chi connectivity index (χ0v) is 36.8. The topological polar surface area (TPSA) is 0 Å². The maximum atomic E-state index is 2.34. The molecule has 0 aliphatic heterocycles. The molecule has 1 radical (unpaired) electrons. The van der Waals surface area contributed by atoms with Crippen LogP contribution in [0, 0.1) is 36.1 Å². The molecule has 2 heteroatoms. The summed E-state index contributed by atoms with van der Waals surface area (Å²) in [6.07, 6.45) is 4.17. The first-order valence-corrected chi connectivity index (χ1v) is 16.2. The molecular formula is C49H53Zr2. The largest absolute Gasteiger partial charge is 4.00 e. The summed E-state index contributed by atoms with van der Waals surface area (Å²) in [4.78, 5) is 0. The van der Waals surface area contributed by atoms with Gasteiger partial charge in [0.15, 0.2) is 0 Å². The van der Waals surface area contributed by atoms with Gasteiger partial charge >= 0.3 is 52.4 Å². The van der Waals surface area contributed by atoms with Crippen molar-refractivity contribution in [3.8, 4) is 22.3 Å². The van der Waals surface area contributed by atoms with Gasteiger partial charge in [-0.15, -0.1) is 69.1 Å². The summed E-state index contributed by atoms with van der Waals surface area (Å²) in [6.45, 7) is 8.43. The van der Waals surface area contributed by atoms with Crippen LogP contribution in [0.25, 0.3) is 65.3 Å². The Balaban J connectivity index is 0.000000821. The molecule has 0 aliphatic rings. The van der Waals surface area contributed by atoms with E-state index in [1.807, 2.05) is 20.3 Å². The molecule has 8 rings (SSSR count). The predicted molar refractivity (Wildman–Crippen MR) is 225 cm³/mol. The number of benzene rings is 6. The first kappa shape index (κ1) is 47.8. The molecule has 0 saturated heterocycles. The zero-order valence-electron chi connectivity index (χ0n) is 31.8. The van der Waals surface area contributed by atoms with E-state index in [0.29, 0.717) is 0 Å². The van der Waals surface area contributed by atoms with Gasteiger partial charge in [0.2, 0.25) is 0 Å². The molecular weight excluding hydrogens is 771 g/mol. The maximum Gasteiger partial charge on any atom is 4.00 e. The fourth-order valence-corrected chi connectivity index (χ4v) is 6.39. The molecule has 0 heterocycles. The van der Waals surface area contributed by atoms with E-state index in [1.165, 1.54) is 76.5 Å². The van der Waals surface area contributed by atoms with Crippen molar-refractivity contribution in [1.29, 1.82) is 0 Å². The molecule has 0 aromatic heterocycles. The van der Waals surface area contributed by atoms with Crippen molar-refractivity contribution in [3.63, 3.8) is 0 Å². The summed E-state index contributed by atoms with van der Waals surface area (Å²) in [5, 5.41) is 10.7. The third kappa shape index (κ3) is 10.5. The second kappa shape index (κ2) is 22.7. The molecule has 0 saturated carbocycles. The van der Waals surface area contributed by atoms with E-state index >= 15 is 0 Å². The summed E-state index contributed by atoms with van der Waals surface area (Å²) in [5.41, 5.74) is 8.15. The van der Waals surface area contributed by atoms with Crippen LogP contribution in [0.1, 0.15) is 38.8 Å². The molecule has 0 amide bonds. The van der Waals surface area contributed by atoms with E-state index in [9.17, 15) is 0 Å². The van der Waals surface area contributed by atoms with Crippen LogP contribution in [-0.4, -0.2) is 0 Å². The average molecular weight is 824 g/mol. The van der Waals surface area contributed by atoms with Gasteiger partial charge in [-0.05, 0) is 45.5 Å². The van der Waals surface area contributed by atoms with Crippen molar-refractivity contribution >= 4 is 43.1 Å². The minimum absolute atomic E-state index is 0. The van der Waals surface area contributed by atoms with Crippen LogP contribution in [0.5, 0.6) is 0 Å². The van der Waals surface area contributed by atoms with Crippen LogP contribution in [0.15, 0.2) is 146 Å². The molecule has 0 atom stereocenters. The van der Waals surface area contributed by atoms with Gasteiger partial charge in [-0.3, -0.25) is 0 Å². The Kier molecular flexibility index (Phi) is 21.3. The Labute approximate surface area is 348 Å². The maximum absolute atomic E-state index is 2.34. The smallest absolute Gasteiger partial charge is 0.358 e. The second-order valence-corrected chi connectivity index (χ2v) is 11.7. The van der Waals surface area contributed by atoms with Crippen LogP contribution in [0.4, 0.5) is 0 Å². The van der Waals surface area contributed by atoms with Crippen LogP contribution < -0.4 is 0 Å². The van der Waals surface area contributed by atoms with Gasteiger partial charge in [-0.2, -0.15) is 26.0 Å². The van der Waals surface area contributed by atoms with Crippen LogP contribution in [0.2, 0.25) is 0 Å². The third-order valence-electron chi connectivity index (χ3n) is 8.60. The fourth-order valence-electron chi connectivity index (χ4n) is 6.39. The molecule has 8 aromatic carbocycles. The molecule has 0 unspecified atom stereocenters. The van der Waals surface area contributed by atoms with Crippen LogP contribution >= 0.6 is 0 Å². The minimum atomic E-state index is 0. The van der Waals surface area contributed by atoms with Gasteiger partial charge in [-0.1, -0.05) is 122 Å². The van der Waals surface area contributed by atoms with Gasteiger partial charge < -0.3 is 36.1 Å². The number of rotatable bonds is 4.